The van der Waals surface area contributed by atoms with E-state index >= 15 is 0 Å². The van der Waals surface area contributed by atoms with Crippen molar-refractivity contribution in [2.75, 3.05) is 0 Å². The fourth-order valence-electron chi connectivity index (χ4n) is 0.0456. The van der Waals surface area contributed by atoms with Gasteiger partial charge in [-0.2, -0.15) is 0 Å². The standard InChI is InChI=1S/C3H2O3.K/c4-2-1-3(5)6;/h4H,(H,5,6);/q;+1/p-1. The fraction of sp³-hybridized carbons (Fsp3) is 0. The summed E-state index contributed by atoms with van der Waals surface area (Å²) in [6, 6.07) is 0. The molecule has 0 aliphatic rings. The normalized spacial score (nSPS) is 4.57. The minimum Gasteiger partial charge on any atom is -0.536 e. The van der Waals surface area contributed by atoms with E-state index in [9.17, 15) is 0 Å². The van der Waals surface area contributed by atoms with Crippen LogP contribution in [0.2, 0.25) is 0 Å². The number of carboxylic acid groups (broad SMARTS) is 1. The third-order valence-corrected chi connectivity index (χ3v) is 0.158. The SMILES string of the molecule is O=C([O-])C#CO.[K+]. The maximum atomic E-state index is 9.15. The largest absolute Gasteiger partial charge is 1.00 e. The molecule has 0 aromatic carbocycles. The van der Waals surface area contributed by atoms with Gasteiger partial charge in [0.2, 0.25) is 0 Å². The number of carbonyl (C=O) groups is 1. The molecule has 0 amide bonds. The molecule has 3 nitrogen and oxygen atoms in total. The van der Waals surface area contributed by atoms with E-state index in [1.165, 1.54) is 5.92 Å². The molecule has 0 radical (unpaired) electrons. The second-order valence-electron chi connectivity index (χ2n) is 0.524. The number of hydrogen-bond acceptors (Lipinski definition) is 3. The minimum absolute atomic E-state index is 0. The molecule has 0 aromatic heterocycles. The zero-order chi connectivity index (χ0) is 4.99. The molecule has 4 heteroatoms. The van der Waals surface area contributed by atoms with Gasteiger partial charge in [0, 0.05) is 0 Å². The van der Waals surface area contributed by atoms with Gasteiger partial charge >= 0.3 is 51.4 Å². The Morgan fingerprint density at radius 1 is 1.71 bits per heavy atom. The third-order valence-electron chi connectivity index (χ3n) is 0.158. The number of aliphatic hydroxyl groups excluding tert-OH is 1. The van der Waals surface area contributed by atoms with Crippen molar-refractivity contribution in [3.8, 4) is 12.0 Å². The van der Waals surface area contributed by atoms with E-state index in [-0.39, 0.29) is 51.4 Å². The summed E-state index contributed by atoms with van der Waals surface area (Å²) in [5.41, 5.74) is 0. The zero-order valence-electron chi connectivity index (χ0n) is 3.76. The molecule has 0 heterocycles. The van der Waals surface area contributed by atoms with E-state index in [0.717, 1.165) is 6.11 Å². The van der Waals surface area contributed by atoms with E-state index in [4.69, 9.17) is 15.0 Å². The first kappa shape index (κ1) is 10.4. The van der Waals surface area contributed by atoms with Gasteiger partial charge in [-0.15, -0.1) is 0 Å². The van der Waals surface area contributed by atoms with E-state index in [1.807, 2.05) is 0 Å². The maximum absolute atomic E-state index is 9.15. The summed E-state index contributed by atoms with van der Waals surface area (Å²) in [4.78, 5) is 9.15. The van der Waals surface area contributed by atoms with Crippen molar-refractivity contribution < 1.29 is 66.4 Å². The van der Waals surface area contributed by atoms with Crippen molar-refractivity contribution in [1.29, 1.82) is 0 Å². The molecular formula is C3HKO3. The molecule has 0 fully saturated rings. The smallest absolute Gasteiger partial charge is 0.536 e. The average molecular weight is 124 g/mol. The van der Waals surface area contributed by atoms with Gasteiger partial charge < -0.3 is 15.0 Å². The molecule has 0 aliphatic heterocycles. The van der Waals surface area contributed by atoms with E-state index in [2.05, 4.69) is 0 Å². The first-order valence-electron chi connectivity index (χ1n) is 1.13. The van der Waals surface area contributed by atoms with Gasteiger partial charge in [0.1, 0.15) is 12.1 Å². The number of aliphatic carboxylic acids is 1. The van der Waals surface area contributed by atoms with Crippen molar-refractivity contribution in [3.05, 3.63) is 0 Å². The molecule has 0 unspecified atom stereocenters. The van der Waals surface area contributed by atoms with Crippen molar-refractivity contribution in [3.63, 3.8) is 0 Å². The first-order valence-corrected chi connectivity index (χ1v) is 1.13. The van der Waals surface area contributed by atoms with Crippen molar-refractivity contribution in [2.24, 2.45) is 0 Å². The van der Waals surface area contributed by atoms with Crippen LogP contribution < -0.4 is 56.5 Å². The van der Waals surface area contributed by atoms with Crippen LogP contribution in [0.15, 0.2) is 0 Å². The summed E-state index contributed by atoms with van der Waals surface area (Å²) < 4.78 is 0. The van der Waals surface area contributed by atoms with Crippen LogP contribution in [-0.2, 0) is 4.79 Å². The van der Waals surface area contributed by atoms with Crippen LogP contribution >= 0.6 is 0 Å². The van der Waals surface area contributed by atoms with Crippen LogP contribution in [0.5, 0.6) is 0 Å². The molecule has 32 valence electrons. The third kappa shape index (κ3) is 10.7. The van der Waals surface area contributed by atoms with Crippen LogP contribution in [0.1, 0.15) is 0 Å². The molecule has 0 saturated carbocycles. The van der Waals surface area contributed by atoms with Gasteiger partial charge in [-0.3, -0.25) is 0 Å². The van der Waals surface area contributed by atoms with E-state index < -0.39 is 5.97 Å². The average Bonchev–Trinajstić information content (AvgIpc) is 1.35. The molecule has 0 aromatic rings. The molecule has 0 saturated heterocycles. The summed E-state index contributed by atoms with van der Waals surface area (Å²) in [5.74, 6) is -0.252. The van der Waals surface area contributed by atoms with E-state index in [0.29, 0.717) is 0 Å². The number of carbonyl (C=O) groups excluding carboxylic acids is 1. The van der Waals surface area contributed by atoms with Crippen LogP contribution in [-0.4, -0.2) is 11.1 Å². The van der Waals surface area contributed by atoms with Gasteiger partial charge in [-0.25, -0.2) is 0 Å². The Kier molecular flexibility index (Phi) is 9.65. The Hall–Kier alpha value is 0.466. The van der Waals surface area contributed by atoms with Gasteiger partial charge in [-0.1, -0.05) is 0 Å². The first-order chi connectivity index (χ1) is 2.77. The summed E-state index contributed by atoms with van der Waals surface area (Å²) in [6.07, 6.45) is 1.16. The zero-order valence-corrected chi connectivity index (χ0v) is 6.89. The Morgan fingerprint density at radius 3 is 2.14 bits per heavy atom. The number of rotatable bonds is 0. The Labute approximate surface area is 83.1 Å². The van der Waals surface area contributed by atoms with Crippen molar-refractivity contribution >= 4 is 5.97 Å². The Bertz CT molecular complexity index is 109. The number of hydrogen-bond donors (Lipinski definition) is 1. The number of aliphatic hydroxyl groups is 1. The minimum atomic E-state index is -1.57. The van der Waals surface area contributed by atoms with Gasteiger partial charge in [0.15, 0.2) is 0 Å². The van der Waals surface area contributed by atoms with Crippen molar-refractivity contribution in [2.45, 2.75) is 0 Å². The topological polar surface area (TPSA) is 60.4 Å². The molecule has 0 rings (SSSR count). The molecule has 0 aliphatic carbocycles. The summed E-state index contributed by atoms with van der Waals surface area (Å²) in [7, 11) is 0. The van der Waals surface area contributed by atoms with Crippen LogP contribution in [0, 0.1) is 12.0 Å². The Balaban J connectivity index is 0. The monoisotopic (exact) mass is 124 g/mol. The molecule has 0 bridgehead atoms. The molecule has 0 spiro atoms. The van der Waals surface area contributed by atoms with Crippen LogP contribution in [0.25, 0.3) is 0 Å². The molecular weight excluding hydrogens is 123 g/mol. The fourth-order valence-corrected chi connectivity index (χ4v) is 0.0456. The quantitative estimate of drug-likeness (QED) is 0.260. The molecule has 0 atom stereocenters. The summed E-state index contributed by atoms with van der Waals surface area (Å²) in [6.45, 7) is 0. The predicted octanol–water partition coefficient (Wildman–Crippen LogP) is -4.93. The summed E-state index contributed by atoms with van der Waals surface area (Å²) in [5, 5.41) is 16.6. The van der Waals surface area contributed by atoms with Crippen LogP contribution in [0.3, 0.4) is 0 Å². The second-order valence-corrected chi connectivity index (χ2v) is 0.524. The predicted molar refractivity (Wildman–Crippen MR) is 14.7 cm³/mol. The molecule has 7 heavy (non-hydrogen) atoms. The number of carboxylic acids is 1. The molecule has 1 N–H and O–H groups in total. The maximum Gasteiger partial charge on any atom is 1.00 e. The van der Waals surface area contributed by atoms with Gasteiger partial charge in [-0.05, 0) is 5.92 Å². The van der Waals surface area contributed by atoms with Crippen LogP contribution in [0.4, 0.5) is 0 Å². The van der Waals surface area contributed by atoms with E-state index in [1.54, 1.807) is 0 Å². The van der Waals surface area contributed by atoms with Gasteiger partial charge in [0.05, 0.1) is 0 Å². The Morgan fingerprint density at radius 2 is 2.14 bits per heavy atom. The van der Waals surface area contributed by atoms with Crippen molar-refractivity contribution in [1.82, 2.24) is 0 Å². The van der Waals surface area contributed by atoms with Gasteiger partial charge in [0.25, 0.3) is 0 Å². The second kappa shape index (κ2) is 6.47. The summed E-state index contributed by atoms with van der Waals surface area (Å²) >= 11 is 0.